The van der Waals surface area contributed by atoms with Crippen molar-refractivity contribution in [2.24, 2.45) is 5.92 Å². The molecule has 0 unspecified atom stereocenters. The van der Waals surface area contributed by atoms with Crippen molar-refractivity contribution in [1.29, 1.82) is 0 Å². The van der Waals surface area contributed by atoms with Crippen LogP contribution in [-0.4, -0.2) is 44.9 Å². The maximum absolute atomic E-state index is 12.8. The van der Waals surface area contributed by atoms with Gasteiger partial charge in [0.1, 0.15) is 0 Å². The van der Waals surface area contributed by atoms with Crippen LogP contribution in [0.5, 0.6) is 0 Å². The average Bonchev–Trinajstić information content (AvgIpc) is 2.55. The van der Waals surface area contributed by atoms with E-state index in [2.05, 4.69) is 19.2 Å². The van der Waals surface area contributed by atoms with Gasteiger partial charge in [0, 0.05) is 25.2 Å². The summed E-state index contributed by atoms with van der Waals surface area (Å²) in [5.74, 6) is 0.355. The molecule has 134 valence electrons. The molecular formula is C17H26N2O4S. The van der Waals surface area contributed by atoms with Gasteiger partial charge in [-0.3, -0.25) is 4.79 Å². The van der Waals surface area contributed by atoms with E-state index in [0.717, 1.165) is 6.42 Å². The summed E-state index contributed by atoms with van der Waals surface area (Å²) in [7, 11) is -3.57. The number of nitrogens with one attached hydrogen (secondary N) is 1. The maximum Gasteiger partial charge on any atom is 0.243 e. The highest BCUT2D eigenvalue weighted by molar-refractivity contribution is 7.89. The topological polar surface area (TPSA) is 75.7 Å². The summed E-state index contributed by atoms with van der Waals surface area (Å²) < 4.78 is 32.3. The Kier molecular flexibility index (Phi) is 6.37. The molecule has 0 bridgehead atoms. The lowest BCUT2D eigenvalue weighted by atomic mass is 10.1. The van der Waals surface area contributed by atoms with Crippen LogP contribution in [0.1, 0.15) is 32.3 Å². The molecule has 1 aliphatic rings. The SMILES string of the molecule is Cc1ccc(NC(=O)CCC(C)C)cc1S(=O)(=O)N1CCOCC1. The maximum atomic E-state index is 12.8. The Morgan fingerprint density at radius 1 is 1.29 bits per heavy atom. The number of hydrogen-bond donors (Lipinski definition) is 1. The van der Waals surface area contributed by atoms with Crippen molar-refractivity contribution in [1.82, 2.24) is 4.31 Å². The summed E-state index contributed by atoms with van der Waals surface area (Å²) in [6, 6.07) is 5.01. The van der Waals surface area contributed by atoms with Crippen LogP contribution in [0.25, 0.3) is 0 Å². The lowest BCUT2D eigenvalue weighted by molar-refractivity contribution is -0.116. The number of anilines is 1. The molecule has 2 rings (SSSR count). The number of benzene rings is 1. The Balaban J connectivity index is 2.17. The standard InChI is InChI=1S/C17H26N2O4S/c1-13(2)4-7-17(20)18-15-6-5-14(3)16(12-15)24(21,22)19-8-10-23-11-9-19/h5-6,12-13H,4,7-11H2,1-3H3,(H,18,20). The fraction of sp³-hybridized carbons (Fsp3) is 0.588. The number of amides is 1. The fourth-order valence-corrected chi connectivity index (χ4v) is 4.18. The van der Waals surface area contributed by atoms with Gasteiger partial charge in [0.05, 0.1) is 18.1 Å². The first-order valence-electron chi connectivity index (χ1n) is 8.29. The molecule has 1 heterocycles. The first-order chi connectivity index (χ1) is 11.3. The number of hydrogen-bond acceptors (Lipinski definition) is 4. The van der Waals surface area contributed by atoms with Crippen molar-refractivity contribution in [3.8, 4) is 0 Å². The minimum Gasteiger partial charge on any atom is -0.379 e. The number of nitrogens with zero attached hydrogens (tertiary/aromatic N) is 1. The number of carbonyl (C=O) groups excluding carboxylic acids is 1. The number of morpholine rings is 1. The lowest BCUT2D eigenvalue weighted by Gasteiger charge is -2.26. The quantitative estimate of drug-likeness (QED) is 0.851. The van der Waals surface area contributed by atoms with E-state index >= 15 is 0 Å². The summed E-state index contributed by atoms with van der Waals surface area (Å²) in [6.07, 6.45) is 1.23. The van der Waals surface area contributed by atoms with E-state index in [-0.39, 0.29) is 10.8 Å². The third-order valence-corrected chi connectivity index (χ3v) is 6.05. The van der Waals surface area contributed by atoms with E-state index in [1.54, 1.807) is 25.1 Å². The van der Waals surface area contributed by atoms with Crippen molar-refractivity contribution in [2.45, 2.75) is 38.5 Å². The van der Waals surface area contributed by atoms with Crippen LogP contribution < -0.4 is 5.32 Å². The van der Waals surface area contributed by atoms with Gasteiger partial charge < -0.3 is 10.1 Å². The molecule has 1 amide bonds. The zero-order chi connectivity index (χ0) is 17.7. The summed E-state index contributed by atoms with van der Waals surface area (Å²) in [5, 5.41) is 2.79. The Morgan fingerprint density at radius 2 is 1.96 bits per heavy atom. The smallest absolute Gasteiger partial charge is 0.243 e. The minimum atomic E-state index is -3.57. The molecule has 0 atom stereocenters. The van der Waals surface area contributed by atoms with Crippen molar-refractivity contribution < 1.29 is 17.9 Å². The van der Waals surface area contributed by atoms with Crippen molar-refractivity contribution in [3.05, 3.63) is 23.8 Å². The van der Waals surface area contributed by atoms with Gasteiger partial charge in [-0.05, 0) is 37.0 Å². The zero-order valence-corrected chi connectivity index (χ0v) is 15.4. The molecule has 1 aromatic carbocycles. The Bertz CT molecular complexity index is 680. The molecule has 0 radical (unpaired) electrons. The van der Waals surface area contributed by atoms with Gasteiger partial charge in [-0.1, -0.05) is 19.9 Å². The molecule has 1 saturated heterocycles. The van der Waals surface area contributed by atoms with Crippen LogP contribution in [0, 0.1) is 12.8 Å². The van der Waals surface area contributed by atoms with E-state index in [1.165, 1.54) is 4.31 Å². The van der Waals surface area contributed by atoms with E-state index in [9.17, 15) is 13.2 Å². The second-order valence-electron chi connectivity index (χ2n) is 6.48. The largest absolute Gasteiger partial charge is 0.379 e. The highest BCUT2D eigenvalue weighted by Gasteiger charge is 2.28. The molecule has 0 saturated carbocycles. The fourth-order valence-electron chi connectivity index (χ4n) is 2.53. The van der Waals surface area contributed by atoms with Gasteiger partial charge in [0.15, 0.2) is 0 Å². The summed E-state index contributed by atoms with van der Waals surface area (Å²) in [4.78, 5) is 12.2. The molecular weight excluding hydrogens is 328 g/mol. The Morgan fingerprint density at radius 3 is 2.58 bits per heavy atom. The third-order valence-electron chi connectivity index (χ3n) is 4.01. The second-order valence-corrected chi connectivity index (χ2v) is 8.38. The van der Waals surface area contributed by atoms with Crippen LogP contribution in [-0.2, 0) is 19.6 Å². The summed E-state index contributed by atoms with van der Waals surface area (Å²) in [6.45, 7) is 7.41. The monoisotopic (exact) mass is 354 g/mol. The van der Waals surface area contributed by atoms with Gasteiger partial charge in [0.2, 0.25) is 15.9 Å². The zero-order valence-electron chi connectivity index (χ0n) is 14.5. The van der Waals surface area contributed by atoms with E-state index in [1.807, 2.05) is 0 Å². The number of sulfonamides is 1. The number of rotatable bonds is 6. The highest BCUT2D eigenvalue weighted by Crippen LogP contribution is 2.24. The molecule has 6 nitrogen and oxygen atoms in total. The Labute approximate surface area is 144 Å². The first-order valence-corrected chi connectivity index (χ1v) is 9.73. The molecule has 1 N–H and O–H groups in total. The number of carbonyl (C=O) groups is 1. The normalized spacial score (nSPS) is 16.3. The van der Waals surface area contributed by atoms with Gasteiger partial charge >= 0.3 is 0 Å². The van der Waals surface area contributed by atoms with E-state index < -0.39 is 10.0 Å². The highest BCUT2D eigenvalue weighted by atomic mass is 32.2. The second kappa shape index (κ2) is 8.09. The predicted octanol–water partition coefficient (Wildman–Crippen LogP) is 2.39. The molecule has 0 aliphatic carbocycles. The molecule has 1 aromatic rings. The summed E-state index contributed by atoms with van der Waals surface area (Å²) in [5.41, 5.74) is 1.18. The van der Waals surface area contributed by atoms with Crippen LogP contribution in [0.4, 0.5) is 5.69 Å². The van der Waals surface area contributed by atoms with E-state index in [4.69, 9.17) is 4.74 Å². The number of aryl methyl sites for hydroxylation is 1. The average molecular weight is 354 g/mol. The van der Waals surface area contributed by atoms with Gasteiger partial charge in [-0.15, -0.1) is 0 Å². The molecule has 1 aliphatic heterocycles. The van der Waals surface area contributed by atoms with Gasteiger partial charge in [-0.25, -0.2) is 8.42 Å². The van der Waals surface area contributed by atoms with Crippen LogP contribution in [0.3, 0.4) is 0 Å². The molecule has 24 heavy (non-hydrogen) atoms. The van der Waals surface area contributed by atoms with E-state index in [0.29, 0.717) is 49.9 Å². The molecule has 0 aromatic heterocycles. The predicted molar refractivity (Wildman–Crippen MR) is 93.5 cm³/mol. The van der Waals surface area contributed by atoms with Crippen molar-refractivity contribution in [3.63, 3.8) is 0 Å². The molecule has 0 spiro atoms. The van der Waals surface area contributed by atoms with Gasteiger partial charge in [-0.2, -0.15) is 4.31 Å². The van der Waals surface area contributed by atoms with Crippen molar-refractivity contribution >= 4 is 21.6 Å². The van der Waals surface area contributed by atoms with Crippen LogP contribution >= 0.6 is 0 Å². The summed E-state index contributed by atoms with van der Waals surface area (Å²) >= 11 is 0. The van der Waals surface area contributed by atoms with Crippen LogP contribution in [0.15, 0.2) is 23.1 Å². The molecule has 7 heteroatoms. The van der Waals surface area contributed by atoms with Gasteiger partial charge in [0.25, 0.3) is 0 Å². The van der Waals surface area contributed by atoms with Crippen molar-refractivity contribution in [2.75, 3.05) is 31.6 Å². The van der Waals surface area contributed by atoms with Crippen LogP contribution in [0.2, 0.25) is 0 Å². The lowest BCUT2D eigenvalue weighted by Crippen LogP contribution is -2.40. The Hall–Kier alpha value is -1.44. The minimum absolute atomic E-state index is 0.0951. The molecule has 1 fully saturated rings. The number of ether oxygens (including phenoxy) is 1. The third kappa shape index (κ3) is 4.78. The first kappa shape index (κ1) is 18.9.